The zero-order valence-electron chi connectivity index (χ0n) is 36.3. The number of amides is 4. The Morgan fingerprint density at radius 1 is 1.00 bits per heavy atom. The summed E-state index contributed by atoms with van der Waals surface area (Å²) in [5.41, 5.74) is 7.83. The number of hydrogen-bond donors (Lipinski definition) is 3. The Labute approximate surface area is 375 Å². The third-order valence-electron chi connectivity index (χ3n) is 13.9. The molecule has 5 heterocycles. The van der Waals surface area contributed by atoms with Crippen molar-refractivity contribution in [3.63, 3.8) is 0 Å². The third-order valence-corrected chi connectivity index (χ3v) is 14.3. The Morgan fingerprint density at radius 2 is 1.75 bits per heavy atom. The molecule has 2 atom stereocenters. The van der Waals surface area contributed by atoms with Crippen molar-refractivity contribution in [3.05, 3.63) is 100 Å². The number of anilines is 2. The fraction of sp³-hybridized carbons (Fsp3) is 0.417. The van der Waals surface area contributed by atoms with Gasteiger partial charge in [0, 0.05) is 79.8 Å². The van der Waals surface area contributed by atoms with Crippen LogP contribution in [0, 0.1) is 17.6 Å². The van der Waals surface area contributed by atoms with Crippen molar-refractivity contribution in [1.29, 1.82) is 0 Å². The lowest BCUT2D eigenvalue weighted by Crippen LogP contribution is -2.50. The van der Waals surface area contributed by atoms with E-state index in [1.54, 1.807) is 4.90 Å². The summed E-state index contributed by atoms with van der Waals surface area (Å²) in [4.78, 5) is 43.6. The SMILES string of the molecule is COc1ccc(C(N)=O)c(-c2c(Cl)c(F)cc3c2[C@H](C)[C@@](CNC2CCN(CCC4CCN(c5cccc6c(N7CCC(=O)NC7=O)nn(C)c56)CC4)CC2)(c2ccccc2)O3)c1F. The third kappa shape index (κ3) is 7.81. The van der Waals surface area contributed by atoms with Crippen LogP contribution in [0.2, 0.25) is 5.02 Å². The molecular weight excluding hydrogens is 842 g/mol. The molecular formula is C48H53ClF2N8O5. The fourth-order valence-electron chi connectivity index (χ4n) is 10.4. The summed E-state index contributed by atoms with van der Waals surface area (Å²) >= 11 is 6.70. The van der Waals surface area contributed by atoms with Crippen LogP contribution < -0.4 is 35.6 Å². The van der Waals surface area contributed by atoms with E-state index in [0.29, 0.717) is 30.4 Å². The lowest BCUT2D eigenvalue weighted by molar-refractivity contribution is -0.120. The molecule has 3 saturated heterocycles. The highest BCUT2D eigenvalue weighted by atomic mass is 35.5. The van der Waals surface area contributed by atoms with Gasteiger partial charge in [0.25, 0.3) is 0 Å². The minimum Gasteiger partial charge on any atom is -0.494 e. The van der Waals surface area contributed by atoms with Crippen LogP contribution in [-0.2, 0) is 17.4 Å². The highest BCUT2D eigenvalue weighted by molar-refractivity contribution is 6.34. The first kappa shape index (κ1) is 43.5. The number of carbonyl (C=O) groups excluding carboxylic acids is 3. The second kappa shape index (κ2) is 17.7. The summed E-state index contributed by atoms with van der Waals surface area (Å²) in [5, 5.41) is 11.5. The number of urea groups is 1. The van der Waals surface area contributed by atoms with Gasteiger partial charge < -0.3 is 30.3 Å². The smallest absolute Gasteiger partial charge is 0.329 e. The number of halogens is 3. The van der Waals surface area contributed by atoms with Crippen LogP contribution in [0.1, 0.15) is 72.9 Å². The number of nitrogens with two attached hydrogens (primary N) is 1. The zero-order chi connectivity index (χ0) is 44.9. The maximum Gasteiger partial charge on any atom is 0.329 e. The van der Waals surface area contributed by atoms with Crippen molar-refractivity contribution >= 4 is 51.9 Å². The van der Waals surface area contributed by atoms with Gasteiger partial charge in [0.2, 0.25) is 11.8 Å². The van der Waals surface area contributed by atoms with E-state index in [-0.39, 0.29) is 51.6 Å². The molecule has 9 rings (SSSR count). The maximum absolute atomic E-state index is 16.2. The molecule has 4 amide bonds. The van der Waals surface area contributed by atoms with E-state index >= 15 is 8.78 Å². The topological polar surface area (TPSA) is 147 Å². The first-order valence-electron chi connectivity index (χ1n) is 22.1. The number of likely N-dealkylation sites (tertiary alicyclic amines) is 1. The zero-order valence-corrected chi connectivity index (χ0v) is 37.0. The summed E-state index contributed by atoms with van der Waals surface area (Å²) < 4.78 is 45.9. The Morgan fingerprint density at radius 3 is 2.45 bits per heavy atom. The van der Waals surface area contributed by atoms with Crippen LogP contribution >= 0.6 is 11.6 Å². The number of rotatable bonds is 12. The van der Waals surface area contributed by atoms with E-state index in [1.807, 2.05) is 61.1 Å². The number of methoxy groups -OCH3 is 1. The van der Waals surface area contributed by atoms with Crippen molar-refractivity contribution in [3.8, 4) is 22.6 Å². The molecule has 0 radical (unpaired) electrons. The first-order chi connectivity index (χ1) is 30.9. The second-order valence-electron chi connectivity index (χ2n) is 17.5. The number of imide groups is 1. The number of carbonyl (C=O) groups is 3. The van der Waals surface area contributed by atoms with E-state index in [2.05, 4.69) is 26.5 Å². The lowest BCUT2D eigenvalue weighted by Gasteiger charge is -2.39. The number of ether oxygens (including phenoxy) is 2. The number of para-hydroxylation sites is 1. The van der Waals surface area contributed by atoms with Crippen molar-refractivity contribution < 1.29 is 32.6 Å². The number of nitrogens with one attached hydrogen (secondary N) is 2. The molecule has 4 aliphatic heterocycles. The monoisotopic (exact) mass is 894 g/mol. The van der Waals surface area contributed by atoms with E-state index in [4.69, 9.17) is 31.9 Å². The number of primary amides is 1. The van der Waals surface area contributed by atoms with Gasteiger partial charge in [-0.1, -0.05) is 54.9 Å². The van der Waals surface area contributed by atoms with E-state index in [0.717, 1.165) is 87.0 Å². The minimum absolute atomic E-state index is 0.0240. The van der Waals surface area contributed by atoms with Crippen LogP contribution in [0.15, 0.2) is 66.7 Å². The molecule has 0 aliphatic carbocycles. The van der Waals surface area contributed by atoms with Crippen LogP contribution in [0.4, 0.5) is 25.1 Å². The van der Waals surface area contributed by atoms with Gasteiger partial charge in [-0.15, -0.1) is 0 Å². The van der Waals surface area contributed by atoms with E-state index < -0.39 is 35.1 Å². The molecule has 0 spiro atoms. The number of aromatic nitrogens is 2. The number of fused-ring (bicyclic) bond motifs is 2. The van der Waals surface area contributed by atoms with Gasteiger partial charge in [0.1, 0.15) is 11.6 Å². The van der Waals surface area contributed by atoms with Gasteiger partial charge in [-0.25, -0.2) is 13.6 Å². The van der Waals surface area contributed by atoms with Gasteiger partial charge in [0.05, 0.1) is 28.9 Å². The fourth-order valence-corrected chi connectivity index (χ4v) is 10.6. The Kier molecular flexibility index (Phi) is 12.0. The number of piperidine rings is 2. The Bertz CT molecular complexity index is 2610. The quantitative estimate of drug-likeness (QED) is 0.116. The van der Waals surface area contributed by atoms with Crippen LogP contribution in [0.3, 0.4) is 0 Å². The molecule has 13 nitrogen and oxygen atoms in total. The first-order valence-corrected chi connectivity index (χ1v) is 22.5. The number of hydrogen-bond acceptors (Lipinski definition) is 9. The van der Waals surface area contributed by atoms with Crippen LogP contribution in [0.25, 0.3) is 22.0 Å². The molecule has 64 heavy (non-hydrogen) atoms. The predicted octanol–water partition coefficient (Wildman–Crippen LogP) is 7.48. The van der Waals surface area contributed by atoms with Crippen molar-refractivity contribution in [2.45, 2.75) is 63.0 Å². The predicted molar refractivity (Wildman–Crippen MR) is 242 cm³/mol. The summed E-state index contributed by atoms with van der Waals surface area (Å²) in [7, 11) is 3.22. The van der Waals surface area contributed by atoms with E-state index in [9.17, 15) is 14.4 Å². The largest absolute Gasteiger partial charge is 0.494 e. The van der Waals surface area contributed by atoms with Crippen LogP contribution in [0.5, 0.6) is 11.5 Å². The molecule has 1 aromatic heterocycles. The minimum atomic E-state index is -1.01. The molecule has 4 N–H and O–H groups in total. The standard InChI is InChI=1S/C48H53ClF2N8O5/c1-28-39-37(26-34(50)42(49)41(39)40-32(45(52)61)12-13-36(63-3)43(40)51)64-48(28,30-8-5-4-6-9-30)27-53-31-17-21-57(22-18-31)20-14-29-15-23-58(24-16-29)35-11-7-10-33-44(35)56(2)55-46(33)59-25-19-38(60)54-47(59)62/h4-13,26,28-29,31,53H,14-25,27H2,1-3H3,(H2,52,61)(H,54,60,62)/t28-,48-/m0/s1. The highest BCUT2D eigenvalue weighted by Gasteiger charge is 2.50. The average molecular weight is 895 g/mol. The molecule has 4 aliphatic rings. The van der Waals surface area contributed by atoms with E-state index in [1.165, 1.54) is 25.3 Å². The van der Waals surface area contributed by atoms with Gasteiger partial charge >= 0.3 is 6.03 Å². The number of benzene rings is 4. The van der Waals surface area contributed by atoms with Crippen molar-refractivity contribution in [2.24, 2.45) is 18.7 Å². The van der Waals surface area contributed by atoms with Gasteiger partial charge in [0.15, 0.2) is 23.0 Å². The number of nitrogens with zero attached hydrogens (tertiary/aromatic N) is 5. The summed E-state index contributed by atoms with van der Waals surface area (Å²) in [6.45, 7) is 7.47. The van der Waals surface area contributed by atoms with Gasteiger partial charge in [-0.3, -0.25) is 24.5 Å². The summed E-state index contributed by atoms with van der Waals surface area (Å²) in [6.07, 6.45) is 5.43. The average Bonchev–Trinajstić information content (AvgIpc) is 3.78. The molecule has 0 unspecified atom stereocenters. The molecule has 336 valence electrons. The second-order valence-corrected chi connectivity index (χ2v) is 17.9. The highest BCUT2D eigenvalue weighted by Crippen LogP contribution is 2.56. The summed E-state index contributed by atoms with van der Waals surface area (Å²) in [5.74, 6) is -2.02. The Hall–Kier alpha value is -5.77. The van der Waals surface area contributed by atoms with Gasteiger partial charge in [-0.05, 0) is 87.5 Å². The Balaban J connectivity index is 0.836. The van der Waals surface area contributed by atoms with Crippen molar-refractivity contribution in [2.75, 3.05) is 62.7 Å². The molecule has 16 heteroatoms. The van der Waals surface area contributed by atoms with Crippen molar-refractivity contribution in [1.82, 2.24) is 25.3 Å². The molecule has 3 fully saturated rings. The van der Waals surface area contributed by atoms with Crippen LogP contribution in [-0.4, -0.2) is 91.5 Å². The molecule has 0 saturated carbocycles. The van der Waals surface area contributed by atoms with Gasteiger partial charge in [-0.2, -0.15) is 5.10 Å². The maximum atomic E-state index is 16.2. The number of aryl methyl sites for hydroxylation is 1. The molecule has 4 aromatic carbocycles. The molecule has 5 aromatic rings. The lowest BCUT2D eigenvalue weighted by atomic mass is 9.77. The molecule has 0 bridgehead atoms. The summed E-state index contributed by atoms with van der Waals surface area (Å²) in [6, 6.07) is 19.6. The normalized spacial score (nSPS) is 21.0.